The first-order chi connectivity index (χ1) is 12.8. The molecule has 0 bridgehead atoms. The minimum absolute atomic E-state index is 0.728. The molecule has 2 heterocycles. The average Bonchev–Trinajstić information content (AvgIpc) is 2.70. The first-order valence-corrected chi connectivity index (χ1v) is 8.62. The van der Waals surface area contributed by atoms with Crippen LogP contribution in [0.1, 0.15) is 22.4 Å². The number of hydrogen-bond donors (Lipinski definition) is 0. The maximum Gasteiger partial charge on any atom is 0.116 e. The van der Waals surface area contributed by atoms with Gasteiger partial charge >= 0.3 is 0 Å². The number of fused-ring (bicyclic) bond motifs is 1. The topological polar surface area (TPSA) is 38.7 Å². The van der Waals surface area contributed by atoms with Gasteiger partial charge in [0.1, 0.15) is 11.8 Å². The molecule has 0 aliphatic carbocycles. The predicted molar refractivity (Wildman–Crippen MR) is 107 cm³/mol. The van der Waals surface area contributed by atoms with E-state index in [4.69, 9.17) is 0 Å². The van der Waals surface area contributed by atoms with Crippen molar-refractivity contribution in [3.05, 3.63) is 96.1 Å². The van der Waals surface area contributed by atoms with E-state index in [-0.39, 0.29) is 0 Å². The highest BCUT2D eigenvalue weighted by atomic mass is 14.9. The Bertz CT molecular complexity index is 1090. The normalized spacial score (nSPS) is 10.8. The summed E-state index contributed by atoms with van der Waals surface area (Å²) in [6.07, 6.45) is 5.94. The Morgan fingerprint density at radius 3 is 2.62 bits per heavy atom. The molecule has 0 N–H and O–H groups in total. The summed E-state index contributed by atoms with van der Waals surface area (Å²) >= 11 is 0. The van der Waals surface area contributed by atoms with Crippen molar-refractivity contribution in [2.45, 2.75) is 13.3 Å². The fourth-order valence-corrected chi connectivity index (χ4v) is 3.24. The molecule has 2 aromatic heterocycles. The first-order valence-electron chi connectivity index (χ1n) is 8.62. The van der Waals surface area contributed by atoms with Gasteiger partial charge < -0.3 is 0 Å². The molecule has 2 aromatic carbocycles. The van der Waals surface area contributed by atoms with Crippen LogP contribution in [0.4, 0.5) is 0 Å². The summed E-state index contributed by atoms with van der Waals surface area (Å²) in [5.41, 5.74) is 8.61. The lowest BCUT2D eigenvalue weighted by atomic mass is 9.94. The van der Waals surface area contributed by atoms with Crippen molar-refractivity contribution in [3.63, 3.8) is 0 Å². The Hall–Kier alpha value is -3.33. The molecule has 0 aliphatic heterocycles. The largest absolute Gasteiger partial charge is 0.252 e. The van der Waals surface area contributed by atoms with E-state index in [0.717, 1.165) is 28.7 Å². The lowest BCUT2D eigenvalue weighted by molar-refractivity contribution is 1.04. The van der Waals surface area contributed by atoms with Crippen LogP contribution in [-0.4, -0.2) is 15.0 Å². The van der Waals surface area contributed by atoms with Gasteiger partial charge in [-0.2, -0.15) is 0 Å². The van der Waals surface area contributed by atoms with Gasteiger partial charge in [0.05, 0.1) is 11.2 Å². The summed E-state index contributed by atoms with van der Waals surface area (Å²) in [6, 6.07) is 18.9. The average molecular weight is 337 g/mol. The molecule has 0 radical (unpaired) electrons. The van der Waals surface area contributed by atoms with Crippen molar-refractivity contribution >= 4 is 17.1 Å². The Morgan fingerprint density at radius 2 is 1.81 bits per heavy atom. The van der Waals surface area contributed by atoms with E-state index >= 15 is 0 Å². The zero-order valence-corrected chi connectivity index (χ0v) is 14.7. The smallest absolute Gasteiger partial charge is 0.116 e. The number of nitrogens with zero attached hydrogens (tertiary/aromatic N) is 3. The molecule has 4 aromatic rings. The third-order valence-electron chi connectivity index (χ3n) is 4.70. The number of rotatable bonds is 4. The summed E-state index contributed by atoms with van der Waals surface area (Å²) in [7, 11) is 0. The number of aromatic nitrogens is 3. The molecule has 0 unspecified atom stereocenters. The fraction of sp³-hybridized carbons (Fsp3) is 0.0870. The summed E-state index contributed by atoms with van der Waals surface area (Å²) in [5, 5.41) is 0. The zero-order valence-electron chi connectivity index (χ0n) is 14.7. The minimum Gasteiger partial charge on any atom is -0.252 e. The Balaban J connectivity index is 1.77. The summed E-state index contributed by atoms with van der Waals surface area (Å²) in [5.74, 6) is 0. The van der Waals surface area contributed by atoms with Crippen LogP contribution in [0.2, 0.25) is 0 Å². The van der Waals surface area contributed by atoms with Gasteiger partial charge in [-0.1, -0.05) is 61.2 Å². The Kier molecular flexibility index (Phi) is 4.28. The minimum atomic E-state index is 0.728. The predicted octanol–water partition coefficient (Wildman–Crippen LogP) is 5.23. The van der Waals surface area contributed by atoms with E-state index < -0.39 is 0 Å². The van der Waals surface area contributed by atoms with Crippen LogP contribution in [0, 0.1) is 6.92 Å². The van der Waals surface area contributed by atoms with Gasteiger partial charge in [0.15, 0.2) is 0 Å². The monoisotopic (exact) mass is 337 g/mol. The van der Waals surface area contributed by atoms with E-state index in [0.29, 0.717) is 0 Å². The van der Waals surface area contributed by atoms with Crippen LogP contribution in [0.25, 0.3) is 28.2 Å². The molecule has 0 spiro atoms. The SMILES string of the molecule is C=Cc1cnc2c(Cc3cccc(-c4ccccc4)c3C)ncnc2c1. The zero-order chi connectivity index (χ0) is 17.9. The van der Waals surface area contributed by atoms with Crippen LogP contribution in [-0.2, 0) is 6.42 Å². The molecule has 0 fully saturated rings. The number of hydrogen-bond acceptors (Lipinski definition) is 3. The van der Waals surface area contributed by atoms with E-state index in [1.54, 1.807) is 12.4 Å². The van der Waals surface area contributed by atoms with E-state index in [2.05, 4.69) is 70.9 Å². The van der Waals surface area contributed by atoms with E-state index in [1.807, 2.05) is 18.3 Å². The maximum absolute atomic E-state index is 4.56. The molecule has 0 saturated heterocycles. The third-order valence-corrected chi connectivity index (χ3v) is 4.70. The van der Waals surface area contributed by atoms with Gasteiger partial charge in [-0.15, -0.1) is 0 Å². The molecule has 0 saturated carbocycles. The quantitative estimate of drug-likeness (QED) is 0.511. The van der Waals surface area contributed by atoms with Crippen molar-refractivity contribution in [3.8, 4) is 11.1 Å². The molecular formula is C23H19N3. The molecule has 4 rings (SSSR count). The van der Waals surface area contributed by atoms with Crippen LogP contribution in [0.3, 0.4) is 0 Å². The number of benzene rings is 2. The lowest BCUT2D eigenvalue weighted by Gasteiger charge is -2.12. The summed E-state index contributed by atoms with van der Waals surface area (Å²) in [6.45, 7) is 5.97. The van der Waals surface area contributed by atoms with Crippen LogP contribution in [0.15, 0.2) is 73.7 Å². The third kappa shape index (κ3) is 3.00. The fourth-order valence-electron chi connectivity index (χ4n) is 3.24. The van der Waals surface area contributed by atoms with Gasteiger partial charge in [0.2, 0.25) is 0 Å². The van der Waals surface area contributed by atoms with Crippen LogP contribution < -0.4 is 0 Å². The van der Waals surface area contributed by atoms with Gasteiger partial charge in [-0.3, -0.25) is 4.98 Å². The van der Waals surface area contributed by atoms with Gasteiger partial charge in [-0.25, -0.2) is 9.97 Å². The maximum atomic E-state index is 4.56. The van der Waals surface area contributed by atoms with Crippen molar-refractivity contribution in [2.24, 2.45) is 0 Å². The lowest BCUT2D eigenvalue weighted by Crippen LogP contribution is -2.00. The second-order valence-electron chi connectivity index (χ2n) is 6.29. The molecule has 3 heteroatoms. The molecular weight excluding hydrogens is 318 g/mol. The second kappa shape index (κ2) is 6.89. The van der Waals surface area contributed by atoms with Crippen molar-refractivity contribution in [2.75, 3.05) is 0 Å². The molecule has 126 valence electrons. The highest BCUT2D eigenvalue weighted by Crippen LogP contribution is 2.27. The molecule has 0 aliphatic rings. The Morgan fingerprint density at radius 1 is 0.962 bits per heavy atom. The van der Waals surface area contributed by atoms with E-state index in [9.17, 15) is 0 Å². The first kappa shape index (κ1) is 16.2. The number of pyridine rings is 1. The Labute approximate surface area is 153 Å². The standard InChI is InChI=1S/C23H19N3/c1-3-17-12-21-23(24-14-17)22(26-15-25-21)13-19-10-7-11-20(16(19)2)18-8-5-4-6-9-18/h3-12,14-15H,1,13H2,2H3. The van der Waals surface area contributed by atoms with Crippen molar-refractivity contribution in [1.82, 2.24) is 15.0 Å². The van der Waals surface area contributed by atoms with Crippen molar-refractivity contribution in [1.29, 1.82) is 0 Å². The van der Waals surface area contributed by atoms with Gasteiger partial charge in [0, 0.05) is 12.6 Å². The van der Waals surface area contributed by atoms with Gasteiger partial charge in [0.25, 0.3) is 0 Å². The highest BCUT2D eigenvalue weighted by molar-refractivity contribution is 5.79. The summed E-state index contributed by atoms with van der Waals surface area (Å²) in [4.78, 5) is 13.4. The van der Waals surface area contributed by atoms with Gasteiger partial charge in [-0.05, 0) is 40.8 Å². The molecule has 0 atom stereocenters. The van der Waals surface area contributed by atoms with E-state index in [1.165, 1.54) is 22.3 Å². The molecule has 3 nitrogen and oxygen atoms in total. The highest BCUT2D eigenvalue weighted by Gasteiger charge is 2.11. The molecule has 0 amide bonds. The van der Waals surface area contributed by atoms with Crippen LogP contribution in [0.5, 0.6) is 0 Å². The van der Waals surface area contributed by atoms with Crippen LogP contribution >= 0.6 is 0 Å². The molecule has 26 heavy (non-hydrogen) atoms. The summed E-state index contributed by atoms with van der Waals surface area (Å²) < 4.78 is 0. The van der Waals surface area contributed by atoms with Crippen molar-refractivity contribution < 1.29 is 0 Å². The second-order valence-corrected chi connectivity index (χ2v) is 6.29.